The Bertz CT molecular complexity index is 737. The minimum atomic E-state index is -0.275. The number of urea groups is 1. The Kier molecular flexibility index (Phi) is 5.11. The normalized spacial score (nSPS) is 17.5. The number of piperazine rings is 1. The van der Waals surface area contributed by atoms with Crippen LogP contribution in [0.4, 0.5) is 14.9 Å². The lowest BCUT2D eigenvalue weighted by molar-refractivity contribution is 0.187. The number of carbonyl (C=O) groups excluding carboxylic acids is 1. The first-order chi connectivity index (χ1) is 12.1. The van der Waals surface area contributed by atoms with E-state index >= 15 is 0 Å². The predicted molar refractivity (Wildman–Crippen MR) is 94.9 cm³/mol. The van der Waals surface area contributed by atoms with E-state index in [0.29, 0.717) is 26.2 Å². The maximum Gasteiger partial charge on any atom is 0.317 e. The van der Waals surface area contributed by atoms with E-state index in [1.165, 1.54) is 18.5 Å². The molecule has 1 aromatic heterocycles. The molecule has 1 aliphatic heterocycles. The summed E-state index contributed by atoms with van der Waals surface area (Å²) in [6, 6.07) is 6.39. The molecule has 0 spiro atoms. The number of hydrogen-bond donors (Lipinski definition) is 1. The van der Waals surface area contributed by atoms with E-state index in [-0.39, 0.29) is 17.9 Å². The van der Waals surface area contributed by atoms with Crippen LogP contribution in [0.15, 0.2) is 36.8 Å². The van der Waals surface area contributed by atoms with E-state index in [2.05, 4.69) is 27.1 Å². The van der Waals surface area contributed by atoms with Gasteiger partial charge in [0.05, 0.1) is 17.6 Å². The third-order valence-electron chi connectivity index (χ3n) is 4.36. The molecule has 0 unspecified atom stereocenters. The number of carbonyl (C=O) groups is 1. The van der Waals surface area contributed by atoms with Crippen LogP contribution < -0.4 is 10.2 Å². The Morgan fingerprint density at radius 1 is 1.32 bits per heavy atom. The van der Waals surface area contributed by atoms with Crippen molar-refractivity contribution in [1.82, 2.24) is 20.2 Å². The number of nitrogens with one attached hydrogen (secondary N) is 1. The van der Waals surface area contributed by atoms with Crippen LogP contribution in [-0.2, 0) is 0 Å². The fraction of sp³-hybridized carbons (Fsp3) is 0.389. The lowest BCUT2D eigenvalue weighted by Crippen LogP contribution is -2.56. The maximum atomic E-state index is 13.2. The highest BCUT2D eigenvalue weighted by molar-refractivity contribution is 5.76. The van der Waals surface area contributed by atoms with Gasteiger partial charge in [-0.05, 0) is 38.1 Å². The summed E-state index contributed by atoms with van der Waals surface area (Å²) in [6.45, 7) is 6.56. The summed E-state index contributed by atoms with van der Waals surface area (Å²) in [6.07, 6.45) is 3.28. The molecular weight excluding hydrogens is 321 g/mol. The van der Waals surface area contributed by atoms with Gasteiger partial charge in [-0.1, -0.05) is 0 Å². The van der Waals surface area contributed by atoms with Crippen LogP contribution in [0.25, 0.3) is 11.3 Å². The average molecular weight is 343 g/mol. The second-order valence-corrected chi connectivity index (χ2v) is 6.09. The maximum absolute atomic E-state index is 13.2. The number of amides is 2. The Labute approximate surface area is 146 Å². The van der Waals surface area contributed by atoms with Crippen LogP contribution in [0.2, 0.25) is 0 Å². The van der Waals surface area contributed by atoms with Gasteiger partial charge in [0.2, 0.25) is 0 Å². The number of anilines is 1. The highest BCUT2D eigenvalue weighted by Crippen LogP contribution is 2.30. The van der Waals surface area contributed by atoms with E-state index in [9.17, 15) is 9.18 Å². The largest absolute Gasteiger partial charge is 0.362 e. The molecule has 6 nitrogen and oxygen atoms in total. The van der Waals surface area contributed by atoms with Crippen LogP contribution in [0, 0.1) is 5.82 Å². The molecule has 7 heteroatoms. The van der Waals surface area contributed by atoms with Crippen LogP contribution in [0.5, 0.6) is 0 Å². The van der Waals surface area contributed by atoms with E-state index in [0.717, 1.165) is 16.9 Å². The van der Waals surface area contributed by atoms with Gasteiger partial charge in [-0.15, -0.1) is 0 Å². The van der Waals surface area contributed by atoms with Crippen molar-refractivity contribution >= 4 is 11.7 Å². The second kappa shape index (κ2) is 7.46. The Morgan fingerprint density at radius 2 is 2.08 bits per heavy atom. The molecule has 0 aliphatic carbocycles. The molecule has 1 atom stereocenters. The fourth-order valence-electron chi connectivity index (χ4n) is 3.13. The first-order valence-corrected chi connectivity index (χ1v) is 8.45. The van der Waals surface area contributed by atoms with Crippen molar-refractivity contribution in [1.29, 1.82) is 0 Å². The summed E-state index contributed by atoms with van der Waals surface area (Å²) in [5.41, 5.74) is 2.52. The summed E-state index contributed by atoms with van der Waals surface area (Å²) in [5.74, 6) is -0.275. The van der Waals surface area contributed by atoms with Crippen molar-refractivity contribution in [2.24, 2.45) is 0 Å². The molecule has 3 rings (SSSR count). The molecule has 1 N–H and O–H groups in total. The van der Waals surface area contributed by atoms with Gasteiger partial charge in [0.1, 0.15) is 12.1 Å². The molecule has 1 saturated heterocycles. The smallest absolute Gasteiger partial charge is 0.317 e. The van der Waals surface area contributed by atoms with Gasteiger partial charge < -0.3 is 15.1 Å². The first-order valence-electron chi connectivity index (χ1n) is 8.45. The minimum absolute atomic E-state index is 0.0305. The lowest BCUT2D eigenvalue weighted by Gasteiger charge is -2.41. The number of benzene rings is 1. The van der Waals surface area contributed by atoms with Crippen LogP contribution >= 0.6 is 0 Å². The summed E-state index contributed by atoms with van der Waals surface area (Å²) in [5, 5.41) is 2.84. The van der Waals surface area contributed by atoms with Crippen LogP contribution in [-0.4, -0.2) is 53.1 Å². The van der Waals surface area contributed by atoms with E-state index in [4.69, 9.17) is 0 Å². The summed E-state index contributed by atoms with van der Waals surface area (Å²) < 4.78 is 13.2. The van der Waals surface area contributed by atoms with E-state index < -0.39 is 0 Å². The third kappa shape index (κ3) is 3.70. The van der Waals surface area contributed by atoms with Gasteiger partial charge in [0, 0.05) is 37.8 Å². The van der Waals surface area contributed by atoms with Gasteiger partial charge in [0.25, 0.3) is 0 Å². The van der Waals surface area contributed by atoms with Crippen molar-refractivity contribution in [2.75, 3.05) is 31.1 Å². The molecule has 0 saturated carbocycles. The number of hydrogen-bond acceptors (Lipinski definition) is 4. The van der Waals surface area contributed by atoms with E-state index in [1.807, 2.05) is 11.8 Å². The molecule has 0 bridgehead atoms. The van der Waals surface area contributed by atoms with Crippen molar-refractivity contribution in [3.63, 3.8) is 0 Å². The van der Waals surface area contributed by atoms with Crippen molar-refractivity contribution < 1.29 is 9.18 Å². The Hall–Kier alpha value is -2.70. The molecule has 1 fully saturated rings. The molecule has 1 aliphatic rings. The quantitative estimate of drug-likeness (QED) is 0.930. The zero-order chi connectivity index (χ0) is 17.8. The highest BCUT2D eigenvalue weighted by Gasteiger charge is 2.28. The van der Waals surface area contributed by atoms with Crippen LogP contribution in [0.1, 0.15) is 13.8 Å². The molecule has 25 heavy (non-hydrogen) atoms. The SMILES string of the molecule is CCNC(=O)N1CCN(c2cncnc2-c2ccc(F)cc2)[C@H](C)C1. The van der Waals surface area contributed by atoms with Gasteiger partial charge in [-0.3, -0.25) is 0 Å². The summed E-state index contributed by atoms with van der Waals surface area (Å²) >= 11 is 0. The van der Waals surface area contributed by atoms with Gasteiger partial charge >= 0.3 is 6.03 Å². The zero-order valence-electron chi connectivity index (χ0n) is 14.4. The Morgan fingerprint density at radius 3 is 2.76 bits per heavy atom. The molecule has 0 radical (unpaired) electrons. The van der Waals surface area contributed by atoms with Gasteiger partial charge in [-0.25, -0.2) is 19.2 Å². The van der Waals surface area contributed by atoms with E-state index in [1.54, 1.807) is 18.3 Å². The second-order valence-electron chi connectivity index (χ2n) is 6.09. The zero-order valence-corrected chi connectivity index (χ0v) is 14.4. The standard InChI is InChI=1S/C18H22FN5O/c1-3-21-18(25)23-8-9-24(13(2)11-23)16-10-20-12-22-17(16)14-4-6-15(19)7-5-14/h4-7,10,12-13H,3,8-9,11H2,1-2H3,(H,21,25)/t13-/m1/s1. The lowest BCUT2D eigenvalue weighted by atomic mass is 10.1. The van der Waals surface area contributed by atoms with Crippen molar-refractivity contribution in [2.45, 2.75) is 19.9 Å². The molecular formula is C18H22FN5O. The average Bonchev–Trinajstić information content (AvgIpc) is 2.62. The Balaban J connectivity index is 1.83. The van der Waals surface area contributed by atoms with Gasteiger partial charge in [0.15, 0.2) is 0 Å². The third-order valence-corrected chi connectivity index (χ3v) is 4.36. The first kappa shape index (κ1) is 17.1. The van der Waals surface area contributed by atoms with Crippen molar-refractivity contribution in [3.8, 4) is 11.3 Å². The molecule has 1 aromatic carbocycles. The number of halogens is 1. The predicted octanol–water partition coefficient (Wildman–Crippen LogP) is 2.52. The summed E-state index contributed by atoms with van der Waals surface area (Å²) in [7, 11) is 0. The molecule has 2 aromatic rings. The van der Waals surface area contributed by atoms with Crippen LogP contribution in [0.3, 0.4) is 0 Å². The molecule has 132 valence electrons. The molecule has 2 amide bonds. The highest BCUT2D eigenvalue weighted by atomic mass is 19.1. The molecule has 2 heterocycles. The number of nitrogens with zero attached hydrogens (tertiary/aromatic N) is 4. The number of rotatable bonds is 3. The monoisotopic (exact) mass is 343 g/mol. The topological polar surface area (TPSA) is 61.4 Å². The van der Waals surface area contributed by atoms with Gasteiger partial charge in [-0.2, -0.15) is 0 Å². The summed E-state index contributed by atoms with van der Waals surface area (Å²) in [4.78, 5) is 24.6. The van der Waals surface area contributed by atoms with Crippen molar-refractivity contribution in [3.05, 3.63) is 42.6 Å². The number of aromatic nitrogens is 2. The minimum Gasteiger partial charge on any atom is -0.362 e. The fourth-order valence-corrected chi connectivity index (χ4v) is 3.13.